The van der Waals surface area contributed by atoms with Gasteiger partial charge in [-0.1, -0.05) is 84.0 Å². The monoisotopic (exact) mass is 310 g/mol. The maximum atomic E-state index is 11.0. The number of rotatable bonds is 15. The van der Waals surface area contributed by atoms with Crippen LogP contribution < -0.4 is 0 Å². The van der Waals surface area contributed by atoms with Crippen molar-refractivity contribution in [2.45, 2.75) is 103 Å². The molecule has 0 radical (unpaired) electrons. The molecule has 0 spiro atoms. The summed E-state index contributed by atoms with van der Waals surface area (Å²) in [4.78, 5) is 11.0. The fraction of sp³-hybridized carbons (Fsp3) is 0.950. The molecular weight excluding hydrogens is 272 g/mol. The Bertz CT molecular complexity index is 275. The summed E-state index contributed by atoms with van der Waals surface area (Å²) < 4.78 is 4.65. The highest BCUT2D eigenvalue weighted by Gasteiger charge is 2.34. The molecule has 130 valence electrons. The molecule has 1 fully saturated rings. The van der Waals surface area contributed by atoms with E-state index in [1.807, 2.05) is 0 Å². The van der Waals surface area contributed by atoms with Crippen LogP contribution >= 0.6 is 0 Å². The lowest BCUT2D eigenvalue weighted by Gasteiger charge is -2.03. The predicted octanol–water partition coefficient (Wildman–Crippen LogP) is 6.28. The zero-order chi connectivity index (χ0) is 16.0. The first-order valence-corrected chi connectivity index (χ1v) is 9.84. The normalized spacial score (nSPS) is 20.1. The molecule has 0 heterocycles. The molecule has 1 aliphatic rings. The van der Waals surface area contributed by atoms with Gasteiger partial charge < -0.3 is 4.74 Å². The fourth-order valence-electron chi connectivity index (χ4n) is 3.51. The molecule has 0 bridgehead atoms. The molecule has 0 aromatic carbocycles. The van der Waals surface area contributed by atoms with Gasteiger partial charge in [-0.05, 0) is 24.7 Å². The van der Waals surface area contributed by atoms with E-state index in [0.717, 1.165) is 18.3 Å². The van der Waals surface area contributed by atoms with Crippen molar-refractivity contribution in [3.63, 3.8) is 0 Å². The average Bonchev–Trinajstić information content (AvgIpc) is 3.28. The van der Waals surface area contributed by atoms with E-state index >= 15 is 0 Å². The lowest BCUT2D eigenvalue weighted by Crippen LogP contribution is -1.99. The number of unbranched alkanes of at least 4 members (excludes halogenated alkanes) is 9. The Balaban J connectivity index is 1.78. The van der Waals surface area contributed by atoms with E-state index in [4.69, 9.17) is 0 Å². The van der Waals surface area contributed by atoms with Crippen LogP contribution in [0.2, 0.25) is 0 Å². The van der Waals surface area contributed by atoms with Crippen molar-refractivity contribution in [1.82, 2.24) is 0 Å². The number of carbonyl (C=O) groups excluding carboxylic acids is 1. The zero-order valence-corrected chi connectivity index (χ0v) is 15.1. The van der Waals surface area contributed by atoms with Gasteiger partial charge in [0, 0.05) is 6.42 Å². The molecule has 1 saturated carbocycles. The van der Waals surface area contributed by atoms with Crippen LogP contribution in [-0.2, 0) is 9.53 Å². The number of hydrogen-bond donors (Lipinski definition) is 0. The quantitative estimate of drug-likeness (QED) is 0.263. The lowest BCUT2D eigenvalue weighted by atomic mass is 10.0. The third kappa shape index (κ3) is 10.2. The Hall–Kier alpha value is -0.530. The van der Waals surface area contributed by atoms with Gasteiger partial charge in [0.05, 0.1) is 7.11 Å². The van der Waals surface area contributed by atoms with E-state index in [-0.39, 0.29) is 5.97 Å². The van der Waals surface area contributed by atoms with Crippen LogP contribution in [0.15, 0.2) is 0 Å². The summed E-state index contributed by atoms with van der Waals surface area (Å²) in [5.41, 5.74) is 0. The molecule has 0 aromatic heterocycles. The van der Waals surface area contributed by atoms with Crippen LogP contribution in [0, 0.1) is 11.8 Å². The van der Waals surface area contributed by atoms with Crippen molar-refractivity contribution >= 4 is 5.97 Å². The first-order chi connectivity index (χ1) is 10.8. The summed E-state index contributed by atoms with van der Waals surface area (Å²) in [6.45, 7) is 2.28. The Morgan fingerprint density at radius 3 is 1.86 bits per heavy atom. The van der Waals surface area contributed by atoms with E-state index in [1.165, 1.54) is 90.6 Å². The minimum Gasteiger partial charge on any atom is -0.469 e. The number of esters is 1. The van der Waals surface area contributed by atoms with Crippen LogP contribution in [0.25, 0.3) is 0 Å². The van der Waals surface area contributed by atoms with Crippen molar-refractivity contribution in [2.24, 2.45) is 11.8 Å². The molecule has 2 heteroatoms. The first-order valence-electron chi connectivity index (χ1n) is 9.84. The number of methoxy groups -OCH3 is 1. The van der Waals surface area contributed by atoms with Gasteiger partial charge in [-0.2, -0.15) is 0 Å². The number of carbonyl (C=O) groups is 1. The van der Waals surface area contributed by atoms with Gasteiger partial charge >= 0.3 is 5.97 Å². The second-order valence-electron chi connectivity index (χ2n) is 7.19. The molecule has 1 rings (SSSR count). The van der Waals surface area contributed by atoms with Gasteiger partial charge in [-0.15, -0.1) is 0 Å². The zero-order valence-electron chi connectivity index (χ0n) is 15.1. The highest BCUT2D eigenvalue weighted by atomic mass is 16.5. The number of ether oxygens (including phenoxy) is 1. The topological polar surface area (TPSA) is 26.3 Å². The summed E-state index contributed by atoms with van der Waals surface area (Å²) >= 11 is 0. The third-order valence-corrected chi connectivity index (χ3v) is 5.18. The average molecular weight is 311 g/mol. The minimum atomic E-state index is -0.0584. The van der Waals surface area contributed by atoms with Gasteiger partial charge in [-0.25, -0.2) is 0 Å². The molecule has 2 nitrogen and oxygen atoms in total. The summed E-state index contributed by atoms with van der Waals surface area (Å²) in [7, 11) is 1.47. The van der Waals surface area contributed by atoms with Gasteiger partial charge in [0.15, 0.2) is 0 Å². The molecule has 0 unspecified atom stereocenters. The van der Waals surface area contributed by atoms with Crippen molar-refractivity contribution in [3.05, 3.63) is 0 Å². The summed E-state index contributed by atoms with van der Waals surface area (Å²) in [6.07, 6.45) is 19.9. The van der Waals surface area contributed by atoms with E-state index in [2.05, 4.69) is 11.7 Å². The van der Waals surface area contributed by atoms with Crippen LogP contribution in [0.5, 0.6) is 0 Å². The molecule has 22 heavy (non-hydrogen) atoms. The molecule has 0 N–H and O–H groups in total. The molecule has 0 aromatic rings. The molecule has 0 amide bonds. The van der Waals surface area contributed by atoms with Crippen LogP contribution in [0.3, 0.4) is 0 Å². The summed E-state index contributed by atoms with van der Waals surface area (Å²) in [6, 6.07) is 0. The largest absolute Gasteiger partial charge is 0.469 e. The van der Waals surface area contributed by atoms with Crippen molar-refractivity contribution in [2.75, 3.05) is 7.11 Å². The van der Waals surface area contributed by atoms with Crippen molar-refractivity contribution in [1.29, 1.82) is 0 Å². The van der Waals surface area contributed by atoms with Crippen molar-refractivity contribution < 1.29 is 9.53 Å². The highest BCUT2D eigenvalue weighted by Crippen LogP contribution is 2.45. The van der Waals surface area contributed by atoms with Crippen molar-refractivity contribution in [3.8, 4) is 0 Å². The predicted molar refractivity (Wildman–Crippen MR) is 93.9 cm³/mol. The lowest BCUT2D eigenvalue weighted by molar-refractivity contribution is -0.140. The van der Waals surface area contributed by atoms with Crippen LogP contribution in [0.4, 0.5) is 0 Å². The molecule has 1 aliphatic carbocycles. The Kier molecular flexibility index (Phi) is 11.5. The summed E-state index contributed by atoms with van der Waals surface area (Å²) in [5.74, 6) is 2.04. The van der Waals surface area contributed by atoms with Crippen LogP contribution in [-0.4, -0.2) is 13.1 Å². The van der Waals surface area contributed by atoms with E-state index < -0.39 is 0 Å². The second kappa shape index (κ2) is 13.0. The maximum Gasteiger partial charge on any atom is 0.305 e. The molecule has 0 saturated heterocycles. The Labute approximate surface area is 138 Å². The minimum absolute atomic E-state index is 0.0584. The Morgan fingerprint density at radius 1 is 0.818 bits per heavy atom. The second-order valence-corrected chi connectivity index (χ2v) is 7.19. The molecule has 2 atom stereocenters. The first kappa shape index (κ1) is 19.5. The van der Waals surface area contributed by atoms with E-state index in [9.17, 15) is 4.79 Å². The maximum absolute atomic E-state index is 11.0. The van der Waals surface area contributed by atoms with Gasteiger partial charge in [-0.3, -0.25) is 4.79 Å². The standard InChI is InChI=1S/C20H38O2/c1-3-4-5-6-7-8-11-14-18-17-19(18)15-12-9-10-13-16-20(21)22-2/h18-19H,3-17H2,1-2H3/t18-,19+/m0/s1. The van der Waals surface area contributed by atoms with Gasteiger partial charge in [0.25, 0.3) is 0 Å². The Morgan fingerprint density at radius 2 is 1.32 bits per heavy atom. The fourth-order valence-corrected chi connectivity index (χ4v) is 3.51. The number of hydrogen-bond acceptors (Lipinski definition) is 2. The van der Waals surface area contributed by atoms with Crippen LogP contribution in [0.1, 0.15) is 103 Å². The molecular formula is C20H38O2. The highest BCUT2D eigenvalue weighted by molar-refractivity contribution is 5.68. The van der Waals surface area contributed by atoms with E-state index in [1.54, 1.807) is 0 Å². The third-order valence-electron chi connectivity index (χ3n) is 5.18. The smallest absolute Gasteiger partial charge is 0.305 e. The van der Waals surface area contributed by atoms with E-state index in [0.29, 0.717) is 6.42 Å². The van der Waals surface area contributed by atoms with Gasteiger partial charge in [0.2, 0.25) is 0 Å². The summed E-state index contributed by atoms with van der Waals surface area (Å²) in [5, 5.41) is 0. The SMILES string of the molecule is CCCCCCCCC[C@H]1C[C@H]1CCCCCCC(=O)OC. The molecule has 0 aliphatic heterocycles. The van der Waals surface area contributed by atoms with Gasteiger partial charge in [0.1, 0.15) is 0 Å².